The highest BCUT2D eigenvalue weighted by Crippen LogP contribution is 2.42. The maximum absolute atomic E-state index is 12.7. The Morgan fingerprint density at radius 1 is 0.733 bits per heavy atom. The molecule has 2 aromatic rings. The van der Waals surface area contributed by atoms with Gasteiger partial charge in [-0.15, -0.1) is 0 Å². The highest BCUT2D eigenvalue weighted by Gasteiger charge is 2.28. The summed E-state index contributed by atoms with van der Waals surface area (Å²) in [5.41, 5.74) is -1.36. The van der Waals surface area contributed by atoms with E-state index in [1.165, 1.54) is 24.3 Å². The average molecular weight is 414 g/mol. The summed E-state index contributed by atoms with van der Waals surface area (Å²) in [6.07, 6.45) is 2.79. The second-order valence-corrected chi connectivity index (χ2v) is 6.42. The topological polar surface area (TPSA) is 184 Å². The molecule has 0 atom stereocenters. The van der Waals surface area contributed by atoms with E-state index in [-0.39, 0.29) is 35.1 Å². The third-order valence-electron chi connectivity index (χ3n) is 4.59. The Balaban J connectivity index is 2.03. The summed E-state index contributed by atoms with van der Waals surface area (Å²) in [7, 11) is 0. The fraction of sp³-hybridized carbons (Fsp3) is 0.105. The Labute approximate surface area is 167 Å². The number of nitrogens with zero attached hydrogens (tertiary/aromatic N) is 2. The maximum atomic E-state index is 12.7. The Hall–Kier alpha value is -4.41. The second-order valence-electron chi connectivity index (χ2n) is 6.42. The van der Waals surface area contributed by atoms with Crippen LogP contribution in [0.25, 0.3) is 12.2 Å². The van der Waals surface area contributed by atoms with Crippen LogP contribution in [-0.2, 0) is 4.79 Å². The van der Waals surface area contributed by atoms with Gasteiger partial charge < -0.3 is 20.4 Å². The zero-order valence-corrected chi connectivity index (χ0v) is 15.1. The zero-order chi connectivity index (χ0) is 22.2. The largest absolute Gasteiger partial charge is 0.504 e. The van der Waals surface area contributed by atoms with Crippen LogP contribution in [0.2, 0.25) is 0 Å². The van der Waals surface area contributed by atoms with Gasteiger partial charge in [-0.1, -0.05) is 0 Å². The van der Waals surface area contributed by atoms with Crippen LogP contribution in [0.15, 0.2) is 35.4 Å². The Morgan fingerprint density at radius 2 is 1.10 bits per heavy atom. The predicted octanol–water partition coefficient (Wildman–Crippen LogP) is 3.16. The first-order valence-electron chi connectivity index (χ1n) is 8.46. The molecule has 0 bridgehead atoms. The molecule has 0 aliphatic heterocycles. The number of benzene rings is 2. The number of aromatic hydroxyl groups is 4. The molecule has 0 unspecified atom stereocenters. The van der Waals surface area contributed by atoms with Gasteiger partial charge in [-0.25, -0.2) is 0 Å². The van der Waals surface area contributed by atoms with Crippen molar-refractivity contribution in [2.24, 2.45) is 0 Å². The van der Waals surface area contributed by atoms with Crippen molar-refractivity contribution in [3.63, 3.8) is 0 Å². The summed E-state index contributed by atoms with van der Waals surface area (Å²) < 4.78 is 0. The normalized spacial score (nSPS) is 16.3. The van der Waals surface area contributed by atoms with Gasteiger partial charge in [-0.2, -0.15) is 0 Å². The summed E-state index contributed by atoms with van der Waals surface area (Å²) in [6, 6.07) is 4.46. The van der Waals surface area contributed by atoms with E-state index < -0.39 is 50.0 Å². The molecular weight excluding hydrogens is 400 g/mol. The predicted molar refractivity (Wildman–Crippen MR) is 103 cm³/mol. The maximum Gasteiger partial charge on any atom is 0.321 e. The number of rotatable bonds is 4. The standard InChI is InChI=1S/C19H14N2O9/c22-13-5-3-9(15(18(13)25)20(27)28)7-11-1-2-12(17(11)24)8-10-4-6-14(23)19(26)16(10)21(29)30/h3-8,22-23,25-26H,1-2H2/b11-7-,12-8+. The quantitative estimate of drug-likeness (QED) is 0.252. The number of nitro groups is 2. The van der Waals surface area contributed by atoms with Gasteiger partial charge in [0.15, 0.2) is 17.3 Å². The molecular formula is C19H14N2O9. The Kier molecular flexibility index (Phi) is 5.11. The summed E-state index contributed by atoms with van der Waals surface area (Å²) >= 11 is 0. The van der Waals surface area contributed by atoms with E-state index in [1.807, 2.05) is 0 Å². The summed E-state index contributed by atoms with van der Waals surface area (Å²) in [4.78, 5) is 33.3. The molecule has 1 fully saturated rings. The molecule has 0 radical (unpaired) electrons. The second kappa shape index (κ2) is 7.54. The fourth-order valence-corrected chi connectivity index (χ4v) is 3.14. The summed E-state index contributed by atoms with van der Waals surface area (Å²) in [5, 5.41) is 60.8. The van der Waals surface area contributed by atoms with Gasteiger partial charge in [0.2, 0.25) is 11.5 Å². The van der Waals surface area contributed by atoms with Crippen LogP contribution >= 0.6 is 0 Å². The fourth-order valence-electron chi connectivity index (χ4n) is 3.14. The van der Waals surface area contributed by atoms with Crippen molar-refractivity contribution < 1.29 is 35.1 Å². The summed E-state index contributed by atoms with van der Waals surface area (Å²) in [6.45, 7) is 0. The number of carbonyl (C=O) groups excluding carboxylic acids is 1. The minimum atomic E-state index is -0.925. The van der Waals surface area contributed by atoms with E-state index in [0.29, 0.717) is 0 Å². The van der Waals surface area contributed by atoms with Crippen molar-refractivity contribution in [3.05, 3.63) is 66.8 Å². The number of Topliss-reactive ketones (excluding diaryl/α,β-unsaturated/α-hetero) is 1. The molecule has 0 spiro atoms. The number of allylic oxidation sites excluding steroid dienone is 2. The van der Waals surface area contributed by atoms with Crippen molar-refractivity contribution in [1.82, 2.24) is 0 Å². The highest BCUT2D eigenvalue weighted by atomic mass is 16.6. The average Bonchev–Trinajstić information content (AvgIpc) is 3.00. The number of hydrogen-bond donors (Lipinski definition) is 4. The Morgan fingerprint density at radius 3 is 1.43 bits per heavy atom. The van der Waals surface area contributed by atoms with E-state index in [1.54, 1.807) is 0 Å². The van der Waals surface area contributed by atoms with Gasteiger partial charge in [0.1, 0.15) is 0 Å². The minimum absolute atomic E-state index is 0.0897. The van der Waals surface area contributed by atoms with E-state index in [2.05, 4.69) is 0 Å². The van der Waals surface area contributed by atoms with E-state index in [4.69, 9.17) is 0 Å². The molecule has 1 aliphatic rings. The van der Waals surface area contributed by atoms with Crippen molar-refractivity contribution in [2.45, 2.75) is 12.8 Å². The van der Waals surface area contributed by atoms with E-state index in [9.17, 15) is 45.4 Å². The van der Waals surface area contributed by atoms with Crippen LogP contribution in [0.4, 0.5) is 11.4 Å². The van der Waals surface area contributed by atoms with Crippen LogP contribution < -0.4 is 0 Å². The van der Waals surface area contributed by atoms with Crippen LogP contribution in [0, 0.1) is 20.2 Å². The lowest BCUT2D eigenvalue weighted by Gasteiger charge is -2.04. The van der Waals surface area contributed by atoms with E-state index >= 15 is 0 Å². The molecule has 4 N–H and O–H groups in total. The smallest absolute Gasteiger partial charge is 0.321 e. The molecule has 154 valence electrons. The molecule has 0 heterocycles. The van der Waals surface area contributed by atoms with Gasteiger partial charge in [0, 0.05) is 11.1 Å². The highest BCUT2D eigenvalue weighted by molar-refractivity contribution is 6.16. The van der Waals surface area contributed by atoms with E-state index in [0.717, 1.165) is 12.1 Å². The Bertz CT molecular complexity index is 1080. The monoisotopic (exact) mass is 414 g/mol. The number of ketones is 1. The number of hydrogen-bond acceptors (Lipinski definition) is 9. The lowest BCUT2D eigenvalue weighted by molar-refractivity contribution is -0.386. The van der Waals surface area contributed by atoms with Crippen LogP contribution in [0.1, 0.15) is 24.0 Å². The van der Waals surface area contributed by atoms with Crippen molar-refractivity contribution in [2.75, 3.05) is 0 Å². The van der Waals surface area contributed by atoms with Crippen molar-refractivity contribution in [1.29, 1.82) is 0 Å². The molecule has 0 amide bonds. The lowest BCUT2D eigenvalue weighted by atomic mass is 10.0. The van der Waals surface area contributed by atoms with Crippen molar-refractivity contribution in [3.8, 4) is 23.0 Å². The molecule has 1 saturated carbocycles. The number of nitro benzene ring substituents is 2. The van der Waals surface area contributed by atoms with Crippen LogP contribution in [-0.4, -0.2) is 36.1 Å². The molecule has 0 saturated heterocycles. The van der Waals surface area contributed by atoms with Gasteiger partial charge >= 0.3 is 11.4 Å². The van der Waals surface area contributed by atoms with Crippen LogP contribution in [0.3, 0.4) is 0 Å². The van der Waals surface area contributed by atoms with Gasteiger partial charge in [0.05, 0.1) is 21.0 Å². The first-order chi connectivity index (χ1) is 14.1. The minimum Gasteiger partial charge on any atom is -0.504 e. The lowest BCUT2D eigenvalue weighted by Crippen LogP contribution is -1.98. The molecule has 1 aliphatic carbocycles. The number of phenols is 4. The molecule has 3 rings (SSSR count). The molecule has 2 aromatic carbocycles. The number of carbonyl (C=O) groups is 1. The van der Waals surface area contributed by atoms with Gasteiger partial charge in [0.25, 0.3) is 0 Å². The molecule has 11 heteroatoms. The van der Waals surface area contributed by atoms with Gasteiger partial charge in [-0.05, 0) is 49.3 Å². The summed E-state index contributed by atoms with van der Waals surface area (Å²) in [5.74, 6) is -3.72. The SMILES string of the molecule is O=C1/C(=C\c2ccc(O)c(O)c2[N+](=O)[O-])CC/C1=C\c1ccc(O)c(O)c1[N+](=O)[O-]. The van der Waals surface area contributed by atoms with Crippen molar-refractivity contribution >= 4 is 29.3 Å². The third-order valence-corrected chi connectivity index (χ3v) is 4.59. The molecule has 11 nitrogen and oxygen atoms in total. The third kappa shape index (κ3) is 3.51. The first kappa shape index (κ1) is 20.3. The molecule has 0 aromatic heterocycles. The molecule has 30 heavy (non-hydrogen) atoms. The zero-order valence-electron chi connectivity index (χ0n) is 15.1. The number of phenolic OH excluding ortho intramolecular Hbond substituents is 4. The first-order valence-corrected chi connectivity index (χ1v) is 8.46. The van der Waals surface area contributed by atoms with Gasteiger partial charge in [-0.3, -0.25) is 25.0 Å². The van der Waals surface area contributed by atoms with Crippen LogP contribution in [0.5, 0.6) is 23.0 Å².